The van der Waals surface area contributed by atoms with Crippen LogP contribution in [0.15, 0.2) is 64.9 Å². The van der Waals surface area contributed by atoms with Gasteiger partial charge in [-0.25, -0.2) is 0 Å². The highest BCUT2D eigenvalue weighted by molar-refractivity contribution is 8.00. The summed E-state index contributed by atoms with van der Waals surface area (Å²) >= 11 is 3.00. The number of benzene rings is 2. The van der Waals surface area contributed by atoms with Crippen LogP contribution in [0.2, 0.25) is 0 Å². The zero-order valence-electron chi connectivity index (χ0n) is 14.4. The van der Waals surface area contributed by atoms with Crippen LogP contribution in [-0.4, -0.2) is 36.2 Å². The van der Waals surface area contributed by atoms with Crippen molar-refractivity contribution in [3.63, 3.8) is 0 Å². The Morgan fingerprint density at radius 2 is 1.88 bits per heavy atom. The Kier molecular flexibility index (Phi) is 6.30. The number of rotatable bonds is 7. The van der Waals surface area contributed by atoms with Crippen molar-refractivity contribution in [2.75, 3.05) is 19.4 Å². The third-order valence-corrected chi connectivity index (χ3v) is 5.66. The van der Waals surface area contributed by atoms with Crippen molar-refractivity contribution in [2.45, 2.75) is 11.4 Å². The van der Waals surface area contributed by atoms with Crippen LogP contribution < -0.4 is 0 Å². The van der Waals surface area contributed by atoms with E-state index < -0.39 is 0 Å². The van der Waals surface area contributed by atoms with Gasteiger partial charge in [-0.05, 0) is 34.4 Å². The number of hydrogen-bond acceptors (Lipinski definition) is 5. The van der Waals surface area contributed by atoms with E-state index in [1.807, 2.05) is 53.9 Å². The number of amides is 1. The molecule has 0 saturated heterocycles. The molecule has 0 aliphatic heterocycles. The first-order valence-electron chi connectivity index (χ1n) is 8.15. The van der Waals surface area contributed by atoms with Crippen LogP contribution in [0.5, 0.6) is 0 Å². The first-order valence-corrected chi connectivity index (χ1v) is 10.0. The summed E-state index contributed by atoms with van der Waals surface area (Å²) < 4.78 is 5.11. The molecule has 2 aromatic carbocycles. The molecule has 3 rings (SSSR count). The predicted molar refractivity (Wildman–Crippen MR) is 106 cm³/mol. The van der Waals surface area contributed by atoms with Crippen molar-refractivity contribution in [1.29, 1.82) is 0 Å². The van der Waals surface area contributed by atoms with Crippen LogP contribution in [0.1, 0.15) is 4.88 Å². The minimum atomic E-state index is -0.388. The summed E-state index contributed by atoms with van der Waals surface area (Å²) in [5.41, 5.74) is 0. The van der Waals surface area contributed by atoms with Gasteiger partial charge in [-0.1, -0.05) is 36.4 Å². The highest BCUT2D eigenvalue weighted by atomic mass is 32.2. The number of thiophene rings is 1. The Morgan fingerprint density at radius 1 is 1.08 bits per heavy atom. The van der Waals surface area contributed by atoms with Crippen molar-refractivity contribution >= 4 is 45.7 Å². The second-order valence-electron chi connectivity index (χ2n) is 5.79. The molecule has 6 heteroatoms. The van der Waals surface area contributed by atoms with Gasteiger partial charge in [-0.15, -0.1) is 23.1 Å². The molecule has 4 nitrogen and oxygen atoms in total. The molecule has 0 aliphatic carbocycles. The summed E-state index contributed by atoms with van der Waals surface area (Å²) in [6.45, 7) is 0.304. The van der Waals surface area contributed by atoms with Crippen molar-refractivity contribution in [2.24, 2.45) is 0 Å². The SMILES string of the molecule is CN(Cc1cccs1)C(=O)COC(=O)CSc1ccc2ccccc2c1. The van der Waals surface area contributed by atoms with Crippen molar-refractivity contribution < 1.29 is 14.3 Å². The lowest BCUT2D eigenvalue weighted by Crippen LogP contribution is -2.30. The number of hydrogen-bond donors (Lipinski definition) is 0. The Bertz CT molecular complexity index is 893. The first-order chi connectivity index (χ1) is 12.6. The lowest BCUT2D eigenvalue weighted by Gasteiger charge is -2.16. The second kappa shape index (κ2) is 8.87. The van der Waals surface area contributed by atoms with E-state index in [9.17, 15) is 9.59 Å². The minimum Gasteiger partial charge on any atom is -0.455 e. The monoisotopic (exact) mass is 385 g/mol. The fourth-order valence-corrected chi connectivity index (χ4v) is 3.92. The molecule has 0 unspecified atom stereocenters. The molecule has 0 aliphatic rings. The van der Waals surface area contributed by atoms with Gasteiger partial charge in [-0.3, -0.25) is 9.59 Å². The largest absolute Gasteiger partial charge is 0.455 e. The van der Waals surface area contributed by atoms with Gasteiger partial charge in [0, 0.05) is 16.8 Å². The number of fused-ring (bicyclic) bond motifs is 1. The molecule has 1 amide bonds. The Morgan fingerprint density at radius 3 is 2.65 bits per heavy atom. The first kappa shape index (κ1) is 18.5. The summed E-state index contributed by atoms with van der Waals surface area (Å²) in [6, 6.07) is 18.1. The van der Waals surface area contributed by atoms with Crippen molar-refractivity contribution in [1.82, 2.24) is 4.90 Å². The maximum absolute atomic E-state index is 12.0. The number of ether oxygens (including phenoxy) is 1. The van der Waals surface area contributed by atoms with E-state index in [1.54, 1.807) is 23.3 Å². The van der Waals surface area contributed by atoms with E-state index in [0.717, 1.165) is 15.2 Å². The molecule has 0 radical (unpaired) electrons. The Hall–Kier alpha value is -2.31. The fourth-order valence-electron chi connectivity index (χ4n) is 2.42. The molecule has 0 saturated carbocycles. The quantitative estimate of drug-likeness (QED) is 0.452. The third kappa shape index (κ3) is 5.09. The third-order valence-electron chi connectivity index (χ3n) is 3.83. The van der Waals surface area contributed by atoms with Crippen molar-refractivity contribution in [3.8, 4) is 0 Å². The number of likely N-dealkylation sites (N-methyl/N-ethyl adjacent to an activating group) is 1. The maximum Gasteiger partial charge on any atom is 0.316 e. The van der Waals surface area contributed by atoms with Gasteiger partial charge >= 0.3 is 5.97 Å². The van der Waals surface area contributed by atoms with E-state index in [0.29, 0.717) is 6.54 Å². The van der Waals surface area contributed by atoms with Crippen LogP contribution in [0.25, 0.3) is 10.8 Å². The van der Waals surface area contributed by atoms with Gasteiger partial charge in [0.05, 0.1) is 12.3 Å². The van der Waals surface area contributed by atoms with E-state index in [2.05, 4.69) is 6.07 Å². The summed E-state index contributed by atoms with van der Waals surface area (Å²) in [5.74, 6) is -0.413. The molecule has 0 bridgehead atoms. The highest BCUT2D eigenvalue weighted by Gasteiger charge is 2.13. The number of carbonyl (C=O) groups is 2. The second-order valence-corrected chi connectivity index (χ2v) is 7.87. The zero-order chi connectivity index (χ0) is 18.4. The van der Waals surface area contributed by atoms with Crippen LogP contribution in [0.4, 0.5) is 0 Å². The normalized spacial score (nSPS) is 10.7. The lowest BCUT2D eigenvalue weighted by atomic mass is 10.1. The number of thioether (sulfide) groups is 1. The van der Waals surface area contributed by atoms with Crippen LogP contribution in [0, 0.1) is 0 Å². The molecule has 1 aromatic heterocycles. The molecular weight excluding hydrogens is 366 g/mol. The molecule has 0 atom stereocenters. The van der Waals surface area contributed by atoms with E-state index in [-0.39, 0.29) is 24.2 Å². The lowest BCUT2D eigenvalue weighted by molar-refractivity contribution is -0.149. The van der Waals surface area contributed by atoms with Crippen LogP contribution in [-0.2, 0) is 20.9 Å². The fraction of sp³-hybridized carbons (Fsp3) is 0.200. The van der Waals surface area contributed by atoms with E-state index in [1.165, 1.54) is 17.1 Å². The van der Waals surface area contributed by atoms with Crippen LogP contribution in [0.3, 0.4) is 0 Å². The Labute approximate surface area is 160 Å². The van der Waals surface area contributed by atoms with Crippen LogP contribution >= 0.6 is 23.1 Å². The summed E-state index contributed by atoms with van der Waals surface area (Å²) in [6.07, 6.45) is 0. The summed E-state index contributed by atoms with van der Waals surface area (Å²) in [5, 5.41) is 4.27. The smallest absolute Gasteiger partial charge is 0.316 e. The van der Waals surface area contributed by atoms with Gasteiger partial charge < -0.3 is 9.64 Å². The number of carbonyl (C=O) groups excluding carboxylic acids is 2. The molecule has 0 fully saturated rings. The average molecular weight is 386 g/mol. The molecule has 3 aromatic rings. The maximum atomic E-state index is 12.0. The zero-order valence-corrected chi connectivity index (χ0v) is 16.0. The van der Waals surface area contributed by atoms with E-state index in [4.69, 9.17) is 4.74 Å². The van der Waals surface area contributed by atoms with Gasteiger partial charge in [0.25, 0.3) is 5.91 Å². The van der Waals surface area contributed by atoms with Gasteiger partial charge in [-0.2, -0.15) is 0 Å². The molecule has 26 heavy (non-hydrogen) atoms. The van der Waals surface area contributed by atoms with Gasteiger partial charge in [0.15, 0.2) is 6.61 Å². The molecular formula is C20H19NO3S2. The Balaban J connectivity index is 1.43. The number of esters is 1. The highest BCUT2D eigenvalue weighted by Crippen LogP contribution is 2.23. The van der Waals surface area contributed by atoms with Gasteiger partial charge in [0.2, 0.25) is 0 Å². The van der Waals surface area contributed by atoms with Crippen molar-refractivity contribution in [3.05, 3.63) is 64.9 Å². The van der Waals surface area contributed by atoms with E-state index >= 15 is 0 Å². The summed E-state index contributed by atoms with van der Waals surface area (Å²) in [4.78, 5) is 27.6. The standard InChI is InChI=1S/C20H19NO3S2/c1-21(12-18-7-4-10-25-18)19(22)13-24-20(23)14-26-17-9-8-15-5-2-3-6-16(15)11-17/h2-11H,12-14H2,1H3. The average Bonchev–Trinajstić information content (AvgIpc) is 3.17. The number of nitrogens with zero attached hydrogens (tertiary/aromatic N) is 1. The summed E-state index contributed by atoms with van der Waals surface area (Å²) in [7, 11) is 1.71. The predicted octanol–water partition coefficient (Wildman–Crippen LogP) is 4.20. The molecule has 134 valence electrons. The molecule has 0 N–H and O–H groups in total. The van der Waals surface area contributed by atoms with Gasteiger partial charge in [0.1, 0.15) is 0 Å². The topological polar surface area (TPSA) is 46.6 Å². The molecule has 0 spiro atoms. The minimum absolute atomic E-state index is 0.181. The molecule has 1 heterocycles.